The standard InChI is InChI=1S/C35H62O7/c1-5-40-32(36)35(33(37)41-6-2,34(38)42-7-3)27-28-19-12-8-9-13-21-29(23-17-16-20-28)30-22-14-10-11-15-25-31(39-4)26-18-24-30/h28-31H,5-27H2,1-4H3. The van der Waals surface area contributed by atoms with E-state index in [1.807, 2.05) is 7.11 Å². The normalized spacial score (nSPS) is 26.0. The monoisotopic (exact) mass is 594 g/mol. The topological polar surface area (TPSA) is 88.1 Å². The van der Waals surface area contributed by atoms with Gasteiger partial charge in [-0.2, -0.15) is 0 Å². The summed E-state index contributed by atoms with van der Waals surface area (Å²) in [5.74, 6) is -0.906. The van der Waals surface area contributed by atoms with Gasteiger partial charge >= 0.3 is 17.9 Å². The third-order valence-electron chi connectivity index (χ3n) is 9.79. The fourth-order valence-electron chi connectivity index (χ4n) is 7.43. The predicted octanol–water partition coefficient (Wildman–Crippen LogP) is 8.35. The van der Waals surface area contributed by atoms with Gasteiger partial charge in [-0.25, -0.2) is 0 Å². The molecule has 42 heavy (non-hydrogen) atoms. The van der Waals surface area contributed by atoms with Crippen molar-refractivity contribution in [2.45, 2.75) is 155 Å². The number of methoxy groups -OCH3 is 1. The molecule has 0 saturated heterocycles. The number of hydrogen-bond donors (Lipinski definition) is 0. The number of ether oxygens (including phenoxy) is 4. The molecule has 7 heteroatoms. The fourth-order valence-corrected chi connectivity index (χ4v) is 7.43. The molecule has 2 saturated carbocycles. The van der Waals surface area contributed by atoms with Crippen LogP contribution in [0.15, 0.2) is 0 Å². The second-order valence-electron chi connectivity index (χ2n) is 12.7. The summed E-state index contributed by atoms with van der Waals surface area (Å²) in [4.78, 5) is 39.9. The lowest BCUT2D eigenvalue weighted by Crippen LogP contribution is -2.50. The van der Waals surface area contributed by atoms with Gasteiger partial charge in [0.25, 0.3) is 5.41 Å². The van der Waals surface area contributed by atoms with Crippen molar-refractivity contribution in [1.82, 2.24) is 0 Å². The van der Waals surface area contributed by atoms with Crippen molar-refractivity contribution in [2.24, 2.45) is 23.2 Å². The Kier molecular flexibility index (Phi) is 18.4. The van der Waals surface area contributed by atoms with Gasteiger partial charge in [0.1, 0.15) is 0 Å². The van der Waals surface area contributed by atoms with Crippen molar-refractivity contribution in [3.8, 4) is 0 Å². The van der Waals surface area contributed by atoms with E-state index in [0.717, 1.165) is 50.4 Å². The Morgan fingerprint density at radius 1 is 0.524 bits per heavy atom. The SMILES string of the molecule is CCOC(=O)C(CC1CCCCCCC(C2CCCCCCC(OC)CCC2)CCCC1)(C(=O)OCC)C(=O)OCC. The molecule has 4 unspecified atom stereocenters. The molecular weight excluding hydrogens is 532 g/mol. The summed E-state index contributed by atoms with van der Waals surface area (Å²) in [6.45, 7) is 5.29. The summed E-state index contributed by atoms with van der Waals surface area (Å²) in [6, 6.07) is 0. The van der Waals surface area contributed by atoms with Crippen LogP contribution in [-0.4, -0.2) is 50.9 Å². The highest BCUT2D eigenvalue weighted by molar-refractivity contribution is 6.18. The molecule has 0 radical (unpaired) electrons. The van der Waals surface area contributed by atoms with Crippen LogP contribution in [0.4, 0.5) is 0 Å². The highest BCUT2D eigenvalue weighted by Gasteiger charge is 2.58. The van der Waals surface area contributed by atoms with Crippen LogP contribution in [0.3, 0.4) is 0 Å². The van der Waals surface area contributed by atoms with Crippen molar-refractivity contribution < 1.29 is 33.3 Å². The first-order valence-electron chi connectivity index (χ1n) is 17.5. The third kappa shape index (κ3) is 11.8. The van der Waals surface area contributed by atoms with Gasteiger partial charge in [0.2, 0.25) is 0 Å². The summed E-state index contributed by atoms with van der Waals surface area (Å²) in [6.07, 6.45) is 23.3. The molecule has 0 heterocycles. The molecule has 0 N–H and O–H groups in total. The average Bonchev–Trinajstić information content (AvgIpc) is 3.02. The third-order valence-corrected chi connectivity index (χ3v) is 9.79. The predicted molar refractivity (Wildman–Crippen MR) is 166 cm³/mol. The Morgan fingerprint density at radius 2 is 0.881 bits per heavy atom. The van der Waals surface area contributed by atoms with Crippen LogP contribution in [0.5, 0.6) is 0 Å². The van der Waals surface area contributed by atoms with E-state index in [1.165, 1.54) is 83.5 Å². The molecule has 0 amide bonds. The molecule has 0 spiro atoms. The van der Waals surface area contributed by atoms with Crippen molar-refractivity contribution >= 4 is 17.9 Å². The Balaban J connectivity index is 2.15. The molecule has 2 aliphatic rings. The highest BCUT2D eigenvalue weighted by atomic mass is 16.6. The van der Waals surface area contributed by atoms with Crippen LogP contribution in [0.2, 0.25) is 0 Å². The molecule has 0 bridgehead atoms. The van der Waals surface area contributed by atoms with Gasteiger partial charge in [-0.1, -0.05) is 109 Å². The minimum absolute atomic E-state index is 0.0458. The minimum Gasteiger partial charge on any atom is -0.465 e. The van der Waals surface area contributed by atoms with Gasteiger partial charge in [-0.3, -0.25) is 14.4 Å². The van der Waals surface area contributed by atoms with Crippen molar-refractivity contribution in [3.05, 3.63) is 0 Å². The second-order valence-corrected chi connectivity index (χ2v) is 12.7. The number of esters is 3. The smallest absolute Gasteiger partial charge is 0.335 e. The van der Waals surface area contributed by atoms with Gasteiger partial charge in [-0.05, 0) is 57.8 Å². The summed E-state index contributed by atoms with van der Waals surface area (Å²) < 4.78 is 21.7. The van der Waals surface area contributed by atoms with Gasteiger partial charge < -0.3 is 18.9 Å². The van der Waals surface area contributed by atoms with E-state index in [2.05, 4.69) is 0 Å². The Morgan fingerprint density at radius 3 is 1.33 bits per heavy atom. The molecule has 4 atom stereocenters. The van der Waals surface area contributed by atoms with Crippen LogP contribution >= 0.6 is 0 Å². The zero-order valence-corrected chi connectivity index (χ0v) is 27.4. The molecule has 0 aromatic heterocycles. The van der Waals surface area contributed by atoms with Crippen molar-refractivity contribution in [2.75, 3.05) is 26.9 Å². The Bertz CT molecular complexity index is 721. The lowest BCUT2D eigenvalue weighted by Gasteiger charge is -2.31. The lowest BCUT2D eigenvalue weighted by molar-refractivity contribution is -0.185. The van der Waals surface area contributed by atoms with Gasteiger partial charge in [0, 0.05) is 7.11 Å². The van der Waals surface area contributed by atoms with E-state index in [0.29, 0.717) is 6.10 Å². The van der Waals surface area contributed by atoms with Crippen LogP contribution in [-0.2, 0) is 33.3 Å². The quantitative estimate of drug-likeness (QED) is 0.143. The Labute approximate surface area is 256 Å². The zero-order valence-electron chi connectivity index (χ0n) is 27.4. The van der Waals surface area contributed by atoms with Crippen LogP contribution < -0.4 is 0 Å². The maximum Gasteiger partial charge on any atom is 0.335 e. The molecule has 0 aromatic rings. The van der Waals surface area contributed by atoms with Crippen LogP contribution in [0.1, 0.15) is 149 Å². The molecule has 244 valence electrons. The molecule has 2 rings (SSSR count). The number of carbonyl (C=O) groups excluding carboxylic acids is 3. The summed E-state index contributed by atoms with van der Waals surface area (Å²) in [7, 11) is 1.87. The molecule has 2 fully saturated rings. The number of rotatable bonds is 10. The van der Waals surface area contributed by atoms with Gasteiger partial charge in [0.05, 0.1) is 25.9 Å². The van der Waals surface area contributed by atoms with Gasteiger partial charge in [0.15, 0.2) is 0 Å². The summed E-state index contributed by atoms with van der Waals surface area (Å²) >= 11 is 0. The van der Waals surface area contributed by atoms with Crippen LogP contribution in [0, 0.1) is 23.2 Å². The van der Waals surface area contributed by atoms with E-state index >= 15 is 0 Å². The molecule has 0 aromatic carbocycles. The molecule has 2 aliphatic carbocycles. The first-order chi connectivity index (χ1) is 20.4. The fraction of sp³-hybridized carbons (Fsp3) is 0.914. The summed E-state index contributed by atoms with van der Waals surface area (Å²) in [5.41, 5.74) is -2.05. The van der Waals surface area contributed by atoms with E-state index in [4.69, 9.17) is 18.9 Å². The van der Waals surface area contributed by atoms with Crippen molar-refractivity contribution in [1.29, 1.82) is 0 Å². The maximum atomic E-state index is 13.3. The second kappa shape index (κ2) is 21.1. The molecular formula is C35H62O7. The van der Waals surface area contributed by atoms with E-state index in [9.17, 15) is 14.4 Å². The zero-order chi connectivity index (χ0) is 30.6. The first kappa shape index (κ1) is 36.6. The lowest BCUT2D eigenvalue weighted by atomic mass is 9.74. The average molecular weight is 595 g/mol. The van der Waals surface area contributed by atoms with Crippen molar-refractivity contribution in [3.63, 3.8) is 0 Å². The van der Waals surface area contributed by atoms with E-state index in [1.54, 1.807) is 20.8 Å². The minimum atomic E-state index is -2.05. The first-order valence-corrected chi connectivity index (χ1v) is 17.5. The molecule has 7 nitrogen and oxygen atoms in total. The largest absolute Gasteiger partial charge is 0.465 e. The number of hydrogen-bond acceptors (Lipinski definition) is 7. The van der Waals surface area contributed by atoms with Crippen LogP contribution in [0.25, 0.3) is 0 Å². The highest BCUT2D eigenvalue weighted by Crippen LogP contribution is 2.39. The Hall–Kier alpha value is -1.63. The van der Waals surface area contributed by atoms with E-state index < -0.39 is 23.3 Å². The van der Waals surface area contributed by atoms with E-state index in [-0.39, 0.29) is 32.2 Å². The van der Waals surface area contributed by atoms with Gasteiger partial charge in [-0.15, -0.1) is 0 Å². The molecule has 0 aliphatic heterocycles. The summed E-state index contributed by atoms with van der Waals surface area (Å²) in [5, 5.41) is 0. The number of carbonyl (C=O) groups is 3. The maximum absolute atomic E-state index is 13.3.